The van der Waals surface area contributed by atoms with Crippen molar-refractivity contribution in [1.82, 2.24) is 4.57 Å². The fourth-order valence-corrected chi connectivity index (χ4v) is 13.5. The summed E-state index contributed by atoms with van der Waals surface area (Å²) in [5, 5.41) is 3.96. The third kappa shape index (κ3) is 6.13. The Morgan fingerprint density at radius 3 is 1.76 bits per heavy atom. The van der Waals surface area contributed by atoms with Crippen molar-refractivity contribution >= 4 is 99.6 Å². The molecule has 10 aromatic rings. The molecule has 344 valence electrons. The number of hydrogen-bond acceptors (Lipinski definition) is 3. The number of aromatic nitrogens is 1. The van der Waals surface area contributed by atoms with Crippen LogP contribution < -0.4 is 26.2 Å². The maximum atomic E-state index is 2.69. The fraction of sp³-hybridized carbons (Fsp3) is 0.231. The third-order valence-electron chi connectivity index (χ3n) is 16.0. The van der Waals surface area contributed by atoms with Crippen molar-refractivity contribution in [2.45, 2.75) is 97.8 Å². The molecular formula is C65H60BN3S. The van der Waals surface area contributed by atoms with Crippen molar-refractivity contribution in [1.29, 1.82) is 0 Å². The van der Waals surface area contributed by atoms with Crippen LogP contribution in [0.2, 0.25) is 0 Å². The molecule has 70 heavy (non-hydrogen) atoms. The van der Waals surface area contributed by atoms with Crippen LogP contribution in [-0.2, 0) is 21.7 Å². The Morgan fingerprint density at radius 2 is 1.07 bits per heavy atom. The molecule has 0 amide bonds. The van der Waals surface area contributed by atoms with Gasteiger partial charge in [-0.1, -0.05) is 173 Å². The second kappa shape index (κ2) is 14.6. The Kier molecular flexibility index (Phi) is 9.03. The first kappa shape index (κ1) is 43.2. The molecular weight excluding hydrogens is 866 g/mol. The van der Waals surface area contributed by atoms with Gasteiger partial charge >= 0.3 is 0 Å². The molecule has 2 aliphatic heterocycles. The lowest BCUT2D eigenvalue weighted by Crippen LogP contribution is -2.60. The molecule has 0 bridgehead atoms. The average molecular weight is 926 g/mol. The highest BCUT2D eigenvalue weighted by Gasteiger charge is 2.47. The van der Waals surface area contributed by atoms with Crippen LogP contribution in [-0.4, -0.2) is 11.3 Å². The van der Waals surface area contributed by atoms with Crippen LogP contribution in [0.1, 0.15) is 104 Å². The van der Waals surface area contributed by atoms with Crippen LogP contribution in [0.15, 0.2) is 164 Å². The Morgan fingerprint density at radius 1 is 0.486 bits per heavy atom. The molecule has 0 saturated carbocycles. The number of benzene rings is 8. The molecule has 3 aliphatic rings. The summed E-state index contributed by atoms with van der Waals surface area (Å²) < 4.78 is 5.30. The first-order chi connectivity index (χ1) is 33.4. The highest BCUT2D eigenvalue weighted by Crippen LogP contribution is 2.55. The Hall–Kier alpha value is -6.82. The number of para-hydroxylation sites is 1. The normalized spacial score (nSPS) is 14.6. The Labute approximate surface area is 418 Å². The molecule has 1 aliphatic carbocycles. The lowest BCUT2D eigenvalue weighted by Gasteiger charge is -2.42. The summed E-state index contributed by atoms with van der Waals surface area (Å²) in [6, 6.07) is 63.3. The summed E-state index contributed by atoms with van der Waals surface area (Å²) in [4.78, 5) is 5.14. The van der Waals surface area contributed by atoms with Gasteiger partial charge in [0.15, 0.2) is 0 Å². The van der Waals surface area contributed by atoms with E-state index in [1.165, 1.54) is 109 Å². The number of anilines is 6. The van der Waals surface area contributed by atoms with Gasteiger partial charge < -0.3 is 14.4 Å². The molecule has 2 aromatic heterocycles. The lowest BCUT2D eigenvalue weighted by molar-refractivity contribution is 0.590. The van der Waals surface area contributed by atoms with Crippen molar-refractivity contribution in [3.05, 3.63) is 192 Å². The summed E-state index contributed by atoms with van der Waals surface area (Å²) in [6.07, 6.45) is 0. The molecule has 3 nitrogen and oxygen atoms in total. The van der Waals surface area contributed by atoms with E-state index in [0.717, 1.165) is 17.1 Å². The zero-order valence-electron chi connectivity index (χ0n) is 42.4. The van der Waals surface area contributed by atoms with Crippen LogP contribution in [0.25, 0.3) is 48.0 Å². The first-order valence-electron chi connectivity index (χ1n) is 25.2. The van der Waals surface area contributed by atoms with E-state index in [0.29, 0.717) is 0 Å². The monoisotopic (exact) mass is 925 g/mol. The highest BCUT2D eigenvalue weighted by atomic mass is 32.1. The van der Waals surface area contributed by atoms with E-state index in [1.807, 2.05) is 11.3 Å². The second-order valence-corrected chi connectivity index (χ2v) is 24.9. The van der Waals surface area contributed by atoms with Crippen LogP contribution >= 0.6 is 11.3 Å². The predicted octanol–water partition coefficient (Wildman–Crippen LogP) is 16.3. The van der Waals surface area contributed by atoms with Crippen molar-refractivity contribution in [3.8, 4) is 16.9 Å². The van der Waals surface area contributed by atoms with Crippen molar-refractivity contribution in [2.75, 3.05) is 9.80 Å². The Balaban J connectivity index is 1.15. The molecule has 8 aromatic carbocycles. The van der Waals surface area contributed by atoms with E-state index in [2.05, 4.69) is 254 Å². The summed E-state index contributed by atoms with van der Waals surface area (Å²) in [7, 11) is 0. The quantitative estimate of drug-likeness (QED) is 0.163. The molecule has 5 heteroatoms. The third-order valence-corrected chi connectivity index (χ3v) is 17.1. The number of fused-ring (bicyclic) bond motifs is 12. The van der Waals surface area contributed by atoms with Gasteiger partial charge in [0.2, 0.25) is 0 Å². The molecule has 13 rings (SSSR count). The van der Waals surface area contributed by atoms with Crippen molar-refractivity contribution in [3.63, 3.8) is 0 Å². The van der Waals surface area contributed by atoms with E-state index in [-0.39, 0.29) is 28.4 Å². The second-order valence-electron chi connectivity index (χ2n) is 23.8. The molecule has 0 radical (unpaired) electrons. The lowest BCUT2D eigenvalue weighted by atomic mass is 9.33. The largest absolute Gasteiger partial charge is 0.311 e. The zero-order chi connectivity index (χ0) is 48.4. The van der Waals surface area contributed by atoms with Gasteiger partial charge in [-0.3, -0.25) is 0 Å². The average Bonchev–Trinajstić information content (AvgIpc) is 3.97. The number of nitrogens with zero attached hydrogens (tertiary/aromatic N) is 3. The van der Waals surface area contributed by atoms with Gasteiger partial charge in [0.05, 0.1) is 11.4 Å². The van der Waals surface area contributed by atoms with Gasteiger partial charge in [0.25, 0.3) is 6.71 Å². The minimum Gasteiger partial charge on any atom is -0.311 e. The maximum absolute atomic E-state index is 2.69. The summed E-state index contributed by atoms with van der Waals surface area (Å²) in [5.74, 6) is 0. The summed E-state index contributed by atoms with van der Waals surface area (Å²) in [6.45, 7) is 25.8. The minimum absolute atomic E-state index is 0.00733. The van der Waals surface area contributed by atoms with E-state index >= 15 is 0 Å². The molecule has 0 atom stereocenters. The summed E-state index contributed by atoms with van der Waals surface area (Å²) in [5.41, 5.74) is 23.1. The topological polar surface area (TPSA) is 11.4 Å². The number of hydrogen-bond donors (Lipinski definition) is 0. The maximum Gasteiger partial charge on any atom is 0.252 e. The van der Waals surface area contributed by atoms with E-state index in [4.69, 9.17) is 0 Å². The first-order valence-corrected chi connectivity index (χ1v) is 26.0. The number of thiophene rings is 1. The van der Waals surface area contributed by atoms with Gasteiger partial charge in [-0.05, 0) is 127 Å². The SMILES string of the molecule is CC(C)(C)c1ccc(N(c2ccc(C(C)(C)C)cc2)c2ccc3c(c2)N(c2cccc4sc5ccccc5c24)c2cc(C(C)(C)C)cc4c2B3c2cccc3c5c(n-4c23)-c2ccccc2C5(C)C)cc1. The zero-order valence-corrected chi connectivity index (χ0v) is 43.2. The Bertz CT molecular complexity index is 3750. The smallest absolute Gasteiger partial charge is 0.252 e. The van der Waals surface area contributed by atoms with Gasteiger partial charge in [-0.2, -0.15) is 0 Å². The van der Waals surface area contributed by atoms with E-state index in [1.54, 1.807) is 0 Å². The van der Waals surface area contributed by atoms with Crippen molar-refractivity contribution in [2.24, 2.45) is 0 Å². The van der Waals surface area contributed by atoms with Gasteiger partial charge in [-0.15, -0.1) is 11.3 Å². The molecule has 0 N–H and O–H groups in total. The molecule has 0 unspecified atom stereocenters. The van der Waals surface area contributed by atoms with Crippen LogP contribution in [0, 0.1) is 0 Å². The minimum atomic E-state index is -0.160. The molecule has 4 heterocycles. The molecule has 0 saturated heterocycles. The highest BCUT2D eigenvalue weighted by molar-refractivity contribution is 7.26. The van der Waals surface area contributed by atoms with E-state index in [9.17, 15) is 0 Å². The van der Waals surface area contributed by atoms with Gasteiger partial charge in [0.1, 0.15) is 0 Å². The predicted molar refractivity (Wildman–Crippen MR) is 304 cm³/mol. The van der Waals surface area contributed by atoms with E-state index < -0.39 is 0 Å². The van der Waals surface area contributed by atoms with Gasteiger partial charge in [-0.25, -0.2) is 0 Å². The van der Waals surface area contributed by atoms with Crippen LogP contribution in [0.3, 0.4) is 0 Å². The molecule has 0 spiro atoms. The van der Waals surface area contributed by atoms with Crippen molar-refractivity contribution < 1.29 is 0 Å². The van der Waals surface area contributed by atoms with Gasteiger partial charge in [0, 0.05) is 76.2 Å². The molecule has 0 fully saturated rings. The number of rotatable bonds is 4. The fourth-order valence-electron chi connectivity index (χ4n) is 12.4. The van der Waals surface area contributed by atoms with Crippen LogP contribution in [0.5, 0.6) is 0 Å². The standard InChI is InChI=1S/C65H60BN3S/c1-62(2,3)39-26-30-42(31-27-39)67(43-32-28-40(29-33-43)63(4,5)6)44-34-35-49-52(38-44)68(51-23-17-25-56-57(51)46-19-13-15-24-55(46)70-56)53-36-41(64(7,8)9)37-54-59(53)66(49)50-22-16-20-47-58-61(69(54)60(47)50)45-18-12-14-21-48(45)65(58,10)11/h12-38H,1-11H3. The summed E-state index contributed by atoms with van der Waals surface area (Å²) >= 11 is 1.89. The van der Waals surface area contributed by atoms with Crippen LogP contribution in [0.4, 0.5) is 34.1 Å².